The Hall–Kier alpha value is -1.86. The smallest absolute Gasteiger partial charge is 0.334 e. The molecule has 114 valence electrons. The molecule has 0 amide bonds. The van der Waals surface area contributed by atoms with Crippen LogP contribution in [-0.4, -0.2) is 25.3 Å². The van der Waals surface area contributed by atoms with Gasteiger partial charge in [-0.3, -0.25) is 13.9 Å². The molecule has 2 rings (SSSR count). The summed E-state index contributed by atoms with van der Waals surface area (Å²) in [4.78, 5) is 28.6. The average Bonchev–Trinajstić information content (AvgIpc) is 2.78. The summed E-state index contributed by atoms with van der Waals surface area (Å²) >= 11 is 6.06. The minimum atomic E-state index is -0.483. The molecule has 0 aliphatic heterocycles. The zero-order valence-electron chi connectivity index (χ0n) is 12.0. The van der Waals surface area contributed by atoms with Crippen LogP contribution in [0.1, 0.15) is 13.3 Å². The van der Waals surface area contributed by atoms with E-state index < -0.39 is 11.2 Å². The Morgan fingerprint density at radius 1 is 1.38 bits per heavy atom. The van der Waals surface area contributed by atoms with E-state index in [1.54, 1.807) is 6.08 Å². The second-order valence-corrected chi connectivity index (χ2v) is 4.90. The molecular weight excluding hydrogens is 296 g/mol. The quantitative estimate of drug-likeness (QED) is 0.455. The molecule has 0 spiro atoms. The lowest BCUT2D eigenvalue weighted by Crippen LogP contribution is -2.39. The van der Waals surface area contributed by atoms with Crippen molar-refractivity contribution in [3.05, 3.63) is 38.8 Å². The maximum absolute atomic E-state index is 12.3. The van der Waals surface area contributed by atoms with Crippen LogP contribution in [0.25, 0.3) is 11.2 Å². The number of hydrogen-bond acceptors (Lipinski definition) is 4. The van der Waals surface area contributed by atoms with E-state index in [2.05, 4.69) is 11.6 Å². The highest BCUT2D eigenvalue weighted by atomic mass is 35.5. The average molecular weight is 313 g/mol. The minimum absolute atomic E-state index is 0.0265. The number of nitrogens with zero attached hydrogens (tertiary/aromatic N) is 4. The lowest BCUT2D eigenvalue weighted by atomic mass is 10.5. The van der Waals surface area contributed by atoms with E-state index in [1.165, 1.54) is 16.2 Å². The fraction of sp³-hybridized carbons (Fsp3) is 0.462. The topological polar surface area (TPSA) is 71.0 Å². The van der Waals surface area contributed by atoms with Crippen LogP contribution in [0.15, 0.2) is 22.2 Å². The van der Waals surface area contributed by atoms with Gasteiger partial charge in [0.25, 0.3) is 5.56 Å². The molecule has 0 unspecified atom stereocenters. The van der Waals surface area contributed by atoms with Gasteiger partial charge in [-0.05, 0) is 18.0 Å². The van der Waals surface area contributed by atoms with Gasteiger partial charge in [-0.15, -0.1) is 6.58 Å². The Balaban J connectivity index is 2.73. The second-order valence-electron chi connectivity index (χ2n) is 4.56. The summed E-state index contributed by atoms with van der Waals surface area (Å²) in [7, 11) is 1.42. The zero-order valence-corrected chi connectivity index (χ0v) is 12.8. The lowest BCUT2D eigenvalue weighted by Gasteiger charge is -2.09. The molecule has 2 heterocycles. The van der Waals surface area contributed by atoms with E-state index in [-0.39, 0.29) is 23.2 Å². The molecule has 2 aromatic heterocycles. The summed E-state index contributed by atoms with van der Waals surface area (Å²) in [5.74, 6) is 0. The highest BCUT2D eigenvalue weighted by molar-refractivity contribution is 6.29. The van der Waals surface area contributed by atoms with Crippen molar-refractivity contribution in [3.8, 4) is 0 Å². The first-order valence-corrected chi connectivity index (χ1v) is 6.94. The van der Waals surface area contributed by atoms with Crippen LogP contribution in [0.5, 0.6) is 0 Å². The van der Waals surface area contributed by atoms with Crippen molar-refractivity contribution in [1.82, 2.24) is 18.7 Å². The largest absolute Gasteiger partial charge is 0.361 e. The number of imidazole rings is 1. The lowest BCUT2D eigenvalue weighted by molar-refractivity contribution is 0.0761. The first kappa shape index (κ1) is 15.5. The van der Waals surface area contributed by atoms with Crippen LogP contribution in [0, 0.1) is 0 Å². The van der Waals surface area contributed by atoms with E-state index in [9.17, 15) is 9.59 Å². The molecule has 0 saturated carbocycles. The monoisotopic (exact) mass is 312 g/mol. The standard InChI is InChI=1S/C13H17ClN4O3/c1-4-6-17-9-10(15-12(17)14)18(8-21-7-5-2)13(20)16(3)11(9)19/h4H,1,5-8H2,2-3H3. The van der Waals surface area contributed by atoms with Crippen LogP contribution < -0.4 is 11.2 Å². The molecule has 0 N–H and O–H groups in total. The molecule has 7 nitrogen and oxygen atoms in total. The van der Waals surface area contributed by atoms with E-state index in [0.29, 0.717) is 13.2 Å². The molecule has 0 aromatic carbocycles. The SMILES string of the molecule is C=CCn1c(Cl)nc2c1c(=O)n(C)c(=O)n2COCCC. The molecule has 0 fully saturated rings. The van der Waals surface area contributed by atoms with Crippen molar-refractivity contribution in [2.75, 3.05) is 6.61 Å². The van der Waals surface area contributed by atoms with Crippen molar-refractivity contribution in [1.29, 1.82) is 0 Å². The van der Waals surface area contributed by atoms with E-state index in [0.717, 1.165) is 11.0 Å². The van der Waals surface area contributed by atoms with E-state index in [4.69, 9.17) is 16.3 Å². The maximum Gasteiger partial charge on any atom is 0.334 e. The fourth-order valence-corrected chi connectivity index (χ4v) is 2.28. The van der Waals surface area contributed by atoms with Gasteiger partial charge in [0.05, 0.1) is 0 Å². The Kier molecular flexibility index (Phi) is 4.64. The molecule has 8 heteroatoms. The Labute approximate surface area is 126 Å². The summed E-state index contributed by atoms with van der Waals surface area (Å²) in [5.41, 5.74) is -0.431. The number of rotatable bonds is 6. The third kappa shape index (κ3) is 2.66. The molecule has 0 bridgehead atoms. The molecule has 0 atom stereocenters. The highest BCUT2D eigenvalue weighted by Gasteiger charge is 2.18. The van der Waals surface area contributed by atoms with Crippen molar-refractivity contribution in [2.24, 2.45) is 7.05 Å². The molecule has 21 heavy (non-hydrogen) atoms. The molecule has 0 radical (unpaired) electrons. The van der Waals surface area contributed by atoms with Gasteiger partial charge in [0.1, 0.15) is 6.73 Å². The third-order valence-electron chi connectivity index (χ3n) is 3.06. The molecular formula is C13H17ClN4O3. The van der Waals surface area contributed by atoms with Gasteiger partial charge in [-0.25, -0.2) is 4.79 Å². The number of fused-ring (bicyclic) bond motifs is 1. The number of allylic oxidation sites excluding steroid dienone is 1. The van der Waals surface area contributed by atoms with Crippen molar-refractivity contribution in [3.63, 3.8) is 0 Å². The van der Waals surface area contributed by atoms with E-state index in [1.807, 2.05) is 6.92 Å². The fourth-order valence-electron chi connectivity index (χ4n) is 2.04. The number of halogens is 1. The van der Waals surface area contributed by atoms with Gasteiger partial charge in [0, 0.05) is 20.2 Å². The zero-order chi connectivity index (χ0) is 15.6. The Morgan fingerprint density at radius 2 is 2.10 bits per heavy atom. The van der Waals surface area contributed by atoms with Gasteiger partial charge in [-0.2, -0.15) is 4.98 Å². The number of aromatic nitrogens is 4. The second kappa shape index (κ2) is 6.28. The first-order valence-electron chi connectivity index (χ1n) is 6.57. The number of hydrogen-bond donors (Lipinski definition) is 0. The molecule has 0 aliphatic carbocycles. The molecule has 0 aliphatic rings. The highest BCUT2D eigenvalue weighted by Crippen LogP contribution is 2.16. The van der Waals surface area contributed by atoms with E-state index >= 15 is 0 Å². The minimum Gasteiger partial charge on any atom is -0.361 e. The van der Waals surface area contributed by atoms with Gasteiger partial charge in [0.15, 0.2) is 11.2 Å². The predicted molar refractivity (Wildman–Crippen MR) is 80.7 cm³/mol. The summed E-state index contributed by atoms with van der Waals surface area (Å²) in [6.07, 6.45) is 2.44. The molecule has 2 aromatic rings. The summed E-state index contributed by atoms with van der Waals surface area (Å²) < 4.78 is 9.24. The predicted octanol–water partition coefficient (Wildman–Crippen LogP) is 1.12. The Morgan fingerprint density at radius 3 is 2.71 bits per heavy atom. The third-order valence-corrected chi connectivity index (χ3v) is 3.35. The normalized spacial score (nSPS) is 11.2. The van der Waals surface area contributed by atoms with Gasteiger partial charge < -0.3 is 9.30 Å². The van der Waals surface area contributed by atoms with Crippen LogP contribution in [0.4, 0.5) is 0 Å². The summed E-state index contributed by atoms with van der Waals surface area (Å²) in [6.45, 7) is 6.46. The van der Waals surface area contributed by atoms with Gasteiger partial charge in [-0.1, -0.05) is 13.0 Å². The van der Waals surface area contributed by atoms with Gasteiger partial charge >= 0.3 is 5.69 Å². The van der Waals surface area contributed by atoms with Crippen molar-refractivity contribution < 1.29 is 4.74 Å². The van der Waals surface area contributed by atoms with Gasteiger partial charge in [0.2, 0.25) is 5.28 Å². The van der Waals surface area contributed by atoms with Crippen molar-refractivity contribution in [2.45, 2.75) is 26.6 Å². The van der Waals surface area contributed by atoms with Crippen LogP contribution in [-0.2, 0) is 25.1 Å². The summed E-state index contributed by atoms with van der Waals surface area (Å²) in [6, 6.07) is 0. The Bertz CT molecular complexity index is 787. The first-order chi connectivity index (χ1) is 10.0. The van der Waals surface area contributed by atoms with Crippen molar-refractivity contribution >= 4 is 22.8 Å². The van der Waals surface area contributed by atoms with Crippen LogP contribution in [0.2, 0.25) is 5.28 Å². The van der Waals surface area contributed by atoms with Crippen LogP contribution in [0.3, 0.4) is 0 Å². The maximum atomic E-state index is 12.3. The molecule has 0 saturated heterocycles. The summed E-state index contributed by atoms with van der Waals surface area (Å²) in [5, 5.41) is 0.136. The number of ether oxygens (including phenoxy) is 1. The van der Waals surface area contributed by atoms with Crippen LogP contribution >= 0.6 is 11.6 Å².